The monoisotopic (exact) mass is 487 g/mol. The molecule has 0 saturated carbocycles. The van der Waals surface area contributed by atoms with E-state index in [4.69, 9.17) is 4.74 Å². The second kappa shape index (κ2) is 10.2. The zero-order chi connectivity index (χ0) is 25.9. The molecule has 7 heteroatoms. The van der Waals surface area contributed by atoms with Gasteiger partial charge in [-0.2, -0.15) is 0 Å². The third-order valence-electron chi connectivity index (χ3n) is 5.59. The molecule has 0 aliphatic rings. The van der Waals surface area contributed by atoms with Gasteiger partial charge in [-0.15, -0.1) is 0 Å². The summed E-state index contributed by atoms with van der Waals surface area (Å²) < 4.78 is 21.9. The largest absolute Gasteiger partial charge is 0.418 e. The van der Waals surface area contributed by atoms with Gasteiger partial charge in [0.05, 0.1) is 12.1 Å². The molecule has 1 heterocycles. The first-order valence-corrected chi connectivity index (χ1v) is 11.8. The molecule has 0 saturated heterocycles. The molecular formula is C29H30FN3O3. The lowest BCUT2D eigenvalue weighted by atomic mass is 9.92. The van der Waals surface area contributed by atoms with E-state index < -0.39 is 6.09 Å². The lowest BCUT2D eigenvalue weighted by Gasteiger charge is -2.17. The van der Waals surface area contributed by atoms with Crippen LogP contribution in [-0.4, -0.2) is 16.6 Å². The number of carbonyl (C=O) groups is 2. The van der Waals surface area contributed by atoms with Gasteiger partial charge in [0.25, 0.3) is 0 Å². The Hall–Kier alpha value is -4.13. The molecule has 0 radical (unpaired) electrons. The number of aromatic nitrogens is 1. The number of rotatable bonds is 6. The molecule has 0 bridgehead atoms. The van der Waals surface area contributed by atoms with E-state index in [0.29, 0.717) is 23.4 Å². The van der Waals surface area contributed by atoms with Gasteiger partial charge in [-0.3, -0.25) is 10.1 Å². The maximum absolute atomic E-state index is 14.5. The highest BCUT2D eigenvalue weighted by Crippen LogP contribution is 2.30. The first kappa shape index (κ1) is 25.0. The fourth-order valence-corrected chi connectivity index (χ4v) is 4.02. The topological polar surface area (TPSA) is 72.4 Å². The summed E-state index contributed by atoms with van der Waals surface area (Å²) in [5, 5.41) is 6.41. The van der Waals surface area contributed by atoms with Crippen LogP contribution in [0.3, 0.4) is 0 Å². The fraction of sp³-hybridized carbons (Fsp3) is 0.241. The van der Waals surface area contributed by atoms with Gasteiger partial charge in [0, 0.05) is 34.8 Å². The van der Waals surface area contributed by atoms with Gasteiger partial charge >= 0.3 is 6.09 Å². The quantitative estimate of drug-likeness (QED) is 0.304. The Bertz CT molecular complexity index is 1420. The third kappa shape index (κ3) is 6.30. The van der Waals surface area contributed by atoms with Crippen LogP contribution in [0, 0.1) is 18.2 Å². The molecule has 2 N–H and O–H groups in total. The Morgan fingerprint density at radius 3 is 2.39 bits per heavy atom. The predicted octanol–water partition coefficient (Wildman–Crippen LogP) is 7.12. The average Bonchev–Trinajstić information content (AvgIpc) is 3.09. The molecule has 1 aromatic heterocycles. The van der Waals surface area contributed by atoms with E-state index in [1.807, 2.05) is 58.0 Å². The summed E-state index contributed by atoms with van der Waals surface area (Å²) in [4.78, 5) is 25.1. The number of carbonyl (C=O) groups excluding carboxylic acids is 2. The number of hydrogen-bond acceptors (Lipinski definition) is 3. The first-order valence-electron chi connectivity index (χ1n) is 11.8. The van der Waals surface area contributed by atoms with E-state index in [0.717, 1.165) is 16.5 Å². The number of amides is 2. The smallest absolute Gasteiger partial charge is 0.393 e. The van der Waals surface area contributed by atoms with Crippen molar-refractivity contribution in [3.8, 4) is 5.88 Å². The van der Waals surface area contributed by atoms with Crippen LogP contribution >= 0.6 is 0 Å². The third-order valence-corrected chi connectivity index (χ3v) is 5.59. The molecule has 36 heavy (non-hydrogen) atoms. The van der Waals surface area contributed by atoms with Gasteiger partial charge in [-0.05, 0) is 54.3 Å². The summed E-state index contributed by atoms with van der Waals surface area (Å²) in [7, 11) is 0. The van der Waals surface area contributed by atoms with Gasteiger partial charge in [0.2, 0.25) is 11.8 Å². The van der Waals surface area contributed by atoms with Crippen molar-refractivity contribution >= 4 is 34.3 Å². The summed E-state index contributed by atoms with van der Waals surface area (Å²) in [5.41, 5.74) is 3.31. The normalized spacial score (nSPS) is 11.4. The highest BCUT2D eigenvalue weighted by molar-refractivity contribution is 5.95. The zero-order valence-corrected chi connectivity index (χ0v) is 20.9. The van der Waals surface area contributed by atoms with Crippen LogP contribution in [0.15, 0.2) is 72.8 Å². The minimum absolute atomic E-state index is 0.0818. The van der Waals surface area contributed by atoms with Crippen LogP contribution in [0.1, 0.15) is 38.3 Å². The lowest BCUT2D eigenvalue weighted by molar-refractivity contribution is -0.117. The van der Waals surface area contributed by atoms with Crippen molar-refractivity contribution in [3.05, 3.63) is 89.7 Å². The van der Waals surface area contributed by atoms with Crippen LogP contribution in [-0.2, 0) is 11.3 Å². The predicted molar refractivity (Wildman–Crippen MR) is 141 cm³/mol. The SMILES string of the molecule is Cc1cccc(NC(=O)Oc2cc3cc(NC(=O)CC(C)(C)C)ccc3n2Cc2ccccc2F)c1. The molecule has 0 spiro atoms. The molecule has 0 unspecified atom stereocenters. The number of nitrogens with zero attached hydrogens (tertiary/aromatic N) is 1. The maximum atomic E-state index is 14.5. The van der Waals surface area contributed by atoms with Gasteiger partial charge in [-0.1, -0.05) is 51.1 Å². The Balaban J connectivity index is 1.65. The molecule has 4 rings (SSSR count). The summed E-state index contributed by atoms with van der Waals surface area (Å²) in [6, 6.07) is 21.0. The van der Waals surface area contributed by atoms with E-state index in [1.165, 1.54) is 6.07 Å². The number of anilines is 2. The van der Waals surface area contributed by atoms with Crippen LogP contribution < -0.4 is 15.4 Å². The van der Waals surface area contributed by atoms with Crippen molar-refractivity contribution in [2.24, 2.45) is 5.41 Å². The Labute approximate surface area is 210 Å². The van der Waals surface area contributed by atoms with E-state index in [9.17, 15) is 14.0 Å². The number of fused-ring (bicyclic) bond motifs is 1. The fourth-order valence-electron chi connectivity index (χ4n) is 4.02. The van der Waals surface area contributed by atoms with Gasteiger partial charge in [0.1, 0.15) is 5.82 Å². The second-order valence-corrected chi connectivity index (χ2v) is 10.1. The number of halogens is 1. The van der Waals surface area contributed by atoms with Crippen molar-refractivity contribution in [2.45, 2.75) is 40.7 Å². The highest BCUT2D eigenvalue weighted by Gasteiger charge is 2.18. The Kier molecular flexibility index (Phi) is 7.10. The molecule has 0 atom stereocenters. The summed E-state index contributed by atoms with van der Waals surface area (Å²) in [5.74, 6) is -0.168. The minimum Gasteiger partial charge on any atom is -0.393 e. The van der Waals surface area contributed by atoms with Crippen molar-refractivity contribution in [1.82, 2.24) is 4.57 Å². The van der Waals surface area contributed by atoms with Gasteiger partial charge < -0.3 is 14.6 Å². The van der Waals surface area contributed by atoms with Gasteiger partial charge in [0.15, 0.2) is 0 Å². The molecule has 186 valence electrons. The van der Waals surface area contributed by atoms with E-state index >= 15 is 0 Å². The molecule has 6 nitrogen and oxygen atoms in total. The summed E-state index contributed by atoms with van der Waals surface area (Å²) in [6.07, 6.45) is -0.274. The van der Waals surface area contributed by atoms with Crippen LogP contribution in [0.4, 0.5) is 20.6 Å². The highest BCUT2D eigenvalue weighted by atomic mass is 19.1. The van der Waals surface area contributed by atoms with E-state index in [1.54, 1.807) is 41.0 Å². The van der Waals surface area contributed by atoms with Crippen molar-refractivity contribution < 1.29 is 18.7 Å². The first-order chi connectivity index (χ1) is 17.1. The van der Waals surface area contributed by atoms with E-state index in [-0.39, 0.29) is 29.6 Å². The standard InChI is InChI=1S/C29H30FN3O3/c1-19-8-7-10-22(14-19)32-28(35)36-27-16-21-15-23(31-26(34)17-29(2,3)4)12-13-25(21)33(27)18-20-9-5-6-11-24(20)30/h5-16H,17-18H2,1-4H3,(H,31,34)(H,32,35). The molecular weight excluding hydrogens is 457 g/mol. The molecule has 0 fully saturated rings. The van der Waals surface area contributed by atoms with Crippen molar-refractivity contribution in [1.29, 1.82) is 0 Å². The molecule has 0 aliphatic carbocycles. The Morgan fingerprint density at radius 2 is 1.67 bits per heavy atom. The van der Waals surface area contributed by atoms with E-state index in [2.05, 4.69) is 10.6 Å². The minimum atomic E-state index is -0.656. The van der Waals surface area contributed by atoms with Crippen LogP contribution in [0.25, 0.3) is 10.9 Å². The van der Waals surface area contributed by atoms with Crippen LogP contribution in [0.2, 0.25) is 0 Å². The molecule has 0 aliphatic heterocycles. The molecule has 2 amide bonds. The Morgan fingerprint density at radius 1 is 0.917 bits per heavy atom. The lowest BCUT2D eigenvalue weighted by Crippen LogP contribution is -2.19. The number of nitrogens with one attached hydrogen (secondary N) is 2. The summed E-state index contributed by atoms with van der Waals surface area (Å²) in [6.45, 7) is 8.11. The van der Waals surface area contributed by atoms with Crippen molar-refractivity contribution in [2.75, 3.05) is 10.6 Å². The molecule has 3 aromatic carbocycles. The average molecular weight is 488 g/mol. The summed E-state index contributed by atoms with van der Waals surface area (Å²) >= 11 is 0. The number of benzene rings is 3. The zero-order valence-electron chi connectivity index (χ0n) is 20.9. The maximum Gasteiger partial charge on any atom is 0.418 e. The van der Waals surface area contributed by atoms with Crippen LogP contribution in [0.5, 0.6) is 5.88 Å². The van der Waals surface area contributed by atoms with Gasteiger partial charge in [-0.25, -0.2) is 9.18 Å². The van der Waals surface area contributed by atoms with Crippen molar-refractivity contribution in [3.63, 3.8) is 0 Å². The number of hydrogen-bond donors (Lipinski definition) is 2. The second-order valence-electron chi connectivity index (χ2n) is 10.1. The number of ether oxygens (including phenoxy) is 1. The molecule has 4 aromatic rings. The number of aryl methyl sites for hydroxylation is 1.